The molecule has 1 aromatic heterocycles. The maximum Gasteiger partial charge on any atom is 0.323 e. The first-order valence-electron chi connectivity index (χ1n) is 11.1. The number of amides is 5. The van der Waals surface area contributed by atoms with Gasteiger partial charge in [0.25, 0.3) is 0 Å². The van der Waals surface area contributed by atoms with Crippen LogP contribution in [0.5, 0.6) is 0 Å². The molecule has 2 atom stereocenters. The lowest BCUT2D eigenvalue weighted by molar-refractivity contribution is -0.125. The third kappa shape index (κ3) is 5.10. The molecule has 5 N–H and O–H groups in total. The molecular weight excluding hydrogens is 491 g/mol. The maximum atomic E-state index is 14.2. The standard InChI is InChI=1S/C24H24ClFN6O4/c1-13(33)29-15-9-20(22(34)28-10-14-5-4-7-17(25)21(14)26)32(11-15)24(36)30-18-12-31(23(27)35)19-8-3-2-6-16(18)19/h2-8,12,15,20H,9-11H2,1H3,(H2,27,35)(H,28,34)(H,29,33)(H,30,36)/t15?,20-/m0/s1. The van der Waals surface area contributed by atoms with Gasteiger partial charge < -0.3 is 26.6 Å². The highest BCUT2D eigenvalue weighted by molar-refractivity contribution is 6.30. The van der Waals surface area contributed by atoms with E-state index in [0.717, 1.165) is 0 Å². The smallest absolute Gasteiger partial charge is 0.323 e. The van der Waals surface area contributed by atoms with Crippen molar-refractivity contribution in [1.29, 1.82) is 0 Å². The van der Waals surface area contributed by atoms with Gasteiger partial charge in [0.1, 0.15) is 11.9 Å². The van der Waals surface area contributed by atoms with E-state index < -0.39 is 35.9 Å². The summed E-state index contributed by atoms with van der Waals surface area (Å²) in [5.74, 6) is -1.45. The van der Waals surface area contributed by atoms with Crippen LogP contribution >= 0.6 is 11.6 Å². The SMILES string of the molecule is CC(=O)NC1C[C@@H](C(=O)NCc2cccc(Cl)c2F)N(C(=O)Nc2cn(C(N)=O)c3ccccc23)C1. The number of benzene rings is 2. The van der Waals surface area contributed by atoms with Crippen molar-refractivity contribution in [2.24, 2.45) is 5.73 Å². The van der Waals surface area contributed by atoms with Crippen LogP contribution in [0.15, 0.2) is 48.7 Å². The number of carbonyl (C=O) groups excluding carboxylic acids is 4. The molecule has 0 saturated carbocycles. The molecule has 2 aromatic carbocycles. The number of likely N-dealkylation sites (tertiary alicyclic amines) is 1. The Morgan fingerprint density at radius 3 is 2.61 bits per heavy atom. The lowest BCUT2D eigenvalue weighted by Gasteiger charge is -2.24. The van der Waals surface area contributed by atoms with Crippen molar-refractivity contribution in [2.45, 2.75) is 32.0 Å². The van der Waals surface area contributed by atoms with E-state index in [1.165, 1.54) is 34.7 Å². The molecule has 0 spiro atoms. The minimum atomic E-state index is -0.936. The van der Waals surface area contributed by atoms with Gasteiger partial charge in [-0.2, -0.15) is 0 Å². The van der Waals surface area contributed by atoms with Gasteiger partial charge in [0.2, 0.25) is 11.8 Å². The summed E-state index contributed by atoms with van der Waals surface area (Å²) in [5, 5.41) is 8.63. The number of carbonyl (C=O) groups is 4. The van der Waals surface area contributed by atoms with Gasteiger partial charge in [-0.1, -0.05) is 41.9 Å². The summed E-state index contributed by atoms with van der Waals surface area (Å²) in [6.45, 7) is 1.29. The van der Waals surface area contributed by atoms with E-state index >= 15 is 0 Å². The molecule has 0 bridgehead atoms. The van der Waals surface area contributed by atoms with E-state index in [1.54, 1.807) is 30.3 Å². The molecule has 0 radical (unpaired) electrons. The highest BCUT2D eigenvalue weighted by Gasteiger charge is 2.40. The van der Waals surface area contributed by atoms with Gasteiger partial charge in [-0.15, -0.1) is 0 Å². The minimum Gasteiger partial charge on any atom is -0.352 e. The van der Waals surface area contributed by atoms with Gasteiger partial charge in [0.05, 0.1) is 16.2 Å². The molecule has 5 amide bonds. The summed E-state index contributed by atoms with van der Waals surface area (Å²) >= 11 is 5.81. The fourth-order valence-corrected chi connectivity index (χ4v) is 4.53. The van der Waals surface area contributed by atoms with E-state index in [9.17, 15) is 23.6 Å². The summed E-state index contributed by atoms with van der Waals surface area (Å²) in [6, 6.07) is 8.63. The molecule has 10 nitrogen and oxygen atoms in total. The quantitative estimate of drug-likeness (QED) is 0.416. The van der Waals surface area contributed by atoms with Crippen LogP contribution in [0.3, 0.4) is 0 Å². The van der Waals surface area contributed by atoms with Crippen LogP contribution in [0.4, 0.5) is 19.7 Å². The van der Waals surface area contributed by atoms with Crippen LogP contribution in [0, 0.1) is 5.82 Å². The Balaban J connectivity index is 1.54. The van der Waals surface area contributed by atoms with Crippen LogP contribution in [-0.4, -0.2) is 52.0 Å². The first kappa shape index (κ1) is 25.0. The Morgan fingerprint density at radius 1 is 1.14 bits per heavy atom. The predicted octanol–water partition coefficient (Wildman–Crippen LogP) is 2.79. The zero-order chi connectivity index (χ0) is 26.0. The minimum absolute atomic E-state index is 0.0653. The molecule has 1 fully saturated rings. The zero-order valence-corrected chi connectivity index (χ0v) is 20.0. The third-order valence-corrected chi connectivity index (χ3v) is 6.24. The second-order valence-electron chi connectivity index (χ2n) is 8.43. The van der Waals surface area contributed by atoms with E-state index in [1.807, 2.05) is 0 Å². The van der Waals surface area contributed by atoms with Gasteiger partial charge in [-0.25, -0.2) is 14.0 Å². The van der Waals surface area contributed by atoms with Crippen molar-refractivity contribution < 1.29 is 23.6 Å². The van der Waals surface area contributed by atoms with Crippen LogP contribution in [0.2, 0.25) is 5.02 Å². The molecule has 1 aliphatic heterocycles. The second-order valence-corrected chi connectivity index (χ2v) is 8.84. The summed E-state index contributed by atoms with van der Waals surface area (Å²) < 4.78 is 15.4. The number of rotatable bonds is 5. The first-order valence-corrected chi connectivity index (χ1v) is 11.5. The molecule has 0 aliphatic carbocycles. The number of para-hydroxylation sites is 1. The topological polar surface area (TPSA) is 139 Å². The Morgan fingerprint density at radius 2 is 1.89 bits per heavy atom. The number of nitrogens with zero attached hydrogens (tertiary/aromatic N) is 2. The number of primary amides is 1. The van der Waals surface area contributed by atoms with Gasteiger partial charge in [0.15, 0.2) is 0 Å². The van der Waals surface area contributed by atoms with E-state index in [2.05, 4.69) is 16.0 Å². The monoisotopic (exact) mass is 514 g/mol. The van der Waals surface area contributed by atoms with Crippen molar-refractivity contribution in [3.63, 3.8) is 0 Å². The number of hydrogen-bond donors (Lipinski definition) is 4. The number of fused-ring (bicyclic) bond motifs is 1. The summed E-state index contributed by atoms with van der Waals surface area (Å²) in [7, 11) is 0. The van der Waals surface area contributed by atoms with Crippen molar-refractivity contribution in [3.8, 4) is 0 Å². The highest BCUT2D eigenvalue weighted by atomic mass is 35.5. The fraction of sp³-hybridized carbons (Fsp3) is 0.250. The normalized spacial score (nSPS) is 17.1. The number of urea groups is 1. The van der Waals surface area contributed by atoms with E-state index in [4.69, 9.17) is 17.3 Å². The van der Waals surface area contributed by atoms with Crippen LogP contribution in [0.1, 0.15) is 18.9 Å². The summed E-state index contributed by atoms with van der Waals surface area (Å²) in [5.41, 5.74) is 6.48. The zero-order valence-electron chi connectivity index (χ0n) is 19.3. The number of halogens is 2. The average molecular weight is 515 g/mol. The Bertz CT molecular complexity index is 1360. The van der Waals surface area contributed by atoms with Crippen LogP contribution in [0.25, 0.3) is 10.9 Å². The van der Waals surface area contributed by atoms with E-state index in [-0.39, 0.29) is 36.0 Å². The molecule has 1 aliphatic rings. The number of anilines is 1. The summed E-state index contributed by atoms with van der Waals surface area (Å²) in [4.78, 5) is 51.1. The molecule has 188 valence electrons. The number of nitrogens with two attached hydrogens (primary N) is 1. The molecule has 1 unspecified atom stereocenters. The predicted molar refractivity (Wildman–Crippen MR) is 132 cm³/mol. The van der Waals surface area contributed by atoms with Crippen molar-refractivity contribution in [1.82, 2.24) is 20.1 Å². The Hall–Kier alpha value is -4.12. The van der Waals surface area contributed by atoms with Crippen molar-refractivity contribution in [3.05, 3.63) is 65.1 Å². The number of nitrogens with one attached hydrogen (secondary N) is 3. The molecular formula is C24H24ClFN6O4. The average Bonchev–Trinajstić information content (AvgIpc) is 3.41. The maximum absolute atomic E-state index is 14.2. The highest BCUT2D eigenvalue weighted by Crippen LogP contribution is 2.27. The molecule has 3 aromatic rings. The number of aromatic nitrogens is 1. The van der Waals surface area contributed by atoms with Crippen molar-refractivity contribution >= 4 is 52.1 Å². The molecule has 36 heavy (non-hydrogen) atoms. The van der Waals surface area contributed by atoms with Crippen LogP contribution < -0.4 is 21.7 Å². The van der Waals surface area contributed by atoms with Crippen molar-refractivity contribution in [2.75, 3.05) is 11.9 Å². The summed E-state index contributed by atoms with van der Waals surface area (Å²) in [6.07, 6.45) is 1.57. The second kappa shape index (κ2) is 10.2. The van der Waals surface area contributed by atoms with Gasteiger partial charge in [-0.05, 0) is 18.6 Å². The lowest BCUT2D eigenvalue weighted by atomic mass is 10.1. The third-order valence-electron chi connectivity index (χ3n) is 5.95. The Kier molecular flexibility index (Phi) is 7.11. The van der Waals surface area contributed by atoms with Crippen LogP contribution in [-0.2, 0) is 16.1 Å². The molecule has 4 rings (SSSR count). The van der Waals surface area contributed by atoms with Gasteiger partial charge in [-0.3, -0.25) is 14.2 Å². The van der Waals surface area contributed by atoms with Gasteiger partial charge in [0, 0.05) is 43.2 Å². The molecule has 1 saturated heterocycles. The lowest BCUT2D eigenvalue weighted by Crippen LogP contribution is -2.47. The van der Waals surface area contributed by atoms with Gasteiger partial charge >= 0.3 is 12.1 Å². The Labute approximate surface area is 210 Å². The largest absolute Gasteiger partial charge is 0.352 e. The van der Waals surface area contributed by atoms with E-state index in [0.29, 0.717) is 16.6 Å². The molecule has 12 heteroatoms. The number of hydrogen-bond acceptors (Lipinski definition) is 4. The first-order chi connectivity index (χ1) is 17.2. The fourth-order valence-electron chi connectivity index (χ4n) is 4.33. The molecule has 2 heterocycles.